The van der Waals surface area contributed by atoms with Crippen LogP contribution in [0.25, 0.3) is 0 Å². The second kappa shape index (κ2) is 5.50. The summed E-state index contributed by atoms with van der Waals surface area (Å²) < 4.78 is 29.1. The summed E-state index contributed by atoms with van der Waals surface area (Å²) in [5.74, 6) is 0. The van der Waals surface area contributed by atoms with Gasteiger partial charge in [-0.15, -0.1) is 0 Å². The van der Waals surface area contributed by atoms with Crippen molar-refractivity contribution in [3.8, 4) is 0 Å². The van der Waals surface area contributed by atoms with Crippen molar-refractivity contribution in [2.24, 2.45) is 0 Å². The van der Waals surface area contributed by atoms with Gasteiger partial charge in [0, 0.05) is 17.1 Å². The number of halogens is 1. The molecule has 0 aliphatic heterocycles. The Morgan fingerprint density at radius 3 is 2.11 bits per heavy atom. The molecule has 5 nitrogen and oxygen atoms in total. The van der Waals surface area contributed by atoms with Crippen LogP contribution in [0.1, 0.15) is 20.8 Å². The van der Waals surface area contributed by atoms with E-state index in [0.717, 1.165) is 4.47 Å². The lowest BCUT2D eigenvalue weighted by Gasteiger charge is -2.30. The zero-order chi connectivity index (χ0) is 14.8. The van der Waals surface area contributed by atoms with Crippen molar-refractivity contribution in [2.75, 3.05) is 7.05 Å². The molecule has 0 aliphatic rings. The third-order valence-electron chi connectivity index (χ3n) is 2.56. The fourth-order valence-electron chi connectivity index (χ4n) is 1.07. The topological polar surface area (TPSA) is 63.7 Å². The minimum atomic E-state index is -4.09. The van der Waals surface area contributed by atoms with Crippen molar-refractivity contribution in [1.29, 1.82) is 0 Å². The van der Waals surface area contributed by atoms with Crippen molar-refractivity contribution < 1.29 is 17.4 Å². The maximum Gasteiger partial charge on any atom is 0.425 e. The first-order valence-electron chi connectivity index (χ1n) is 5.52. The van der Waals surface area contributed by atoms with E-state index >= 15 is 0 Å². The molecule has 0 aromatic heterocycles. The van der Waals surface area contributed by atoms with Gasteiger partial charge >= 0.3 is 16.2 Å². The van der Waals surface area contributed by atoms with E-state index in [-0.39, 0.29) is 4.90 Å². The second-order valence-corrected chi connectivity index (χ2v) is 7.45. The predicted molar refractivity (Wildman–Crippen MR) is 75.3 cm³/mol. The molecule has 0 radical (unpaired) electrons. The lowest BCUT2D eigenvalue weighted by molar-refractivity contribution is 0.126. The highest BCUT2D eigenvalue weighted by atomic mass is 79.9. The quantitative estimate of drug-likeness (QED) is 0.770. The summed E-state index contributed by atoms with van der Waals surface area (Å²) in [6.07, 6.45) is -0.907. The van der Waals surface area contributed by atoms with Crippen LogP contribution in [0.15, 0.2) is 33.6 Å². The summed E-state index contributed by atoms with van der Waals surface area (Å²) in [6.45, 7) is 5.33. The van der Waals surface area contributed by atoms with E-state index < -0.39 is 21.8 Å². The molecule has 7 heteroatoms. The molecular formula is C12H16BrNO4S. The van der Waals surface area contributed by atoms with Gasteiger partial charge in [-0.05, 0) is 45.0 Å². The Kier molecular flexibility index (Phi) is 4.63. The van der Waals surface area contributed by atoms with E-state index in [1.807, 2.05) is 0 Å². The fraction of sp³-hybridized carbons (Fsp3) is 0.417. The second-order valence-electron chi connectivity index (χ2n) is 4.99. The first-order valence-corrected chi connectivity index (χ1v) is 7.72. The Labute approximate surface area is 121 Å². The van der Waals surface area contributed by atoms with Crippen molar-refractivity contribution in [3.63, 3.8) is 0 Å². The van der Waals surface area contributed by atoms with Gasteiger partial charge in [-0.1, -0.05) is 15.9 Å². The Morgan fingerprint density at radius 1 is 1.21 bits per heavy atom. The molecule has 0 bridgehead atoms. The summed E-state index contributed by atoms with van der Waals surface area (Å²) in [5.41, 5.74) is -0.522. The highest BCUT2D eigenvalue weighted by Crippen LogP contribution is 2.19. The van der Waals surface area contributed by atoms with Crippen LogP contribution in [0.4, 0.5) is 4.79 Å². The van der Waals surface area contributed by atoms with Crippen LogP contribution < -0.4 is 0 Å². The van der Waals surface area contributed by atoms with Crippen molar-refractivity contribution in [3.05, 3.63) is 28.7 Å². The standard InChI is InChI=1S/C12H16BrNO4S/c1-12(2,3)14(4)11(15)18-19(16,17)10-7-5-9(13)6-8-10/h5-8H,1-4H3. The van der Waals surface area contributed by atoms with Gasteiger partial charge in [-0.3, -0.25) is 0 Å². The average molecular weight is 350 g/mol. The number of carbonyl (C=O) groups excluding carboxylic acids is 1. The van der Waals surface area contributed by atoms with Crippen LogP contribution in [0.2, 0.25) is 0 Å². The molecule has 19 heavy (non-hydrogen) atoms. The summed E-state index contributed by atoms with van der Waals surface area (Å²) in [5, 5.41) is 0. The largest absolute Gasteiger partial charge is 0.425 e. The van der Waals surface area contributed by atoms with Crippen LogP contribution in [0.3, 0.4) is 0 Å². The maximum atomic E-state index is 11.9. The maximum absolute atomic E-state index is 11.9. The number of benzene rings is 1. The van der Waals surface area contributed by atoms with Crippen LogP contribution >= 0.6 is 15.9 Å². The normalized spacial score (nSPS) is 12.1. The van der Waals surface area contributed by atoms with Gasteiger partial charge in [0.15, 0.2) is 0 Å². The molecule has 0 saturated carbocycles. The van der Waals surface area contributed by atoms with Gasteiger partial charge in [-0.2, -0.15) is 8.42 Å². The number of nitrogens with zero attached hydrogens (tertiary/aromatic N) is 1. The lowest BCUT2D eigenvalue weighted by Crippen LogP contribution is -2.43. The number of hydrogen-bond donors (Lipinski definition) is 0. The van der Waals surface area contributed by atoms with E-state index in [4.69, 9.17) is 0 Å². The predicted octanol–water partition coefficient (Wildman–Crippen LogP) is 3.00. The molecule has 0 atom stereocenters. The molecule has 1 aromatic rings. The molecule has 0 saturated heterocycles. The van der Waals surface area contributed by atoms with Crippen LogP contribution in [-0.4, -0.2) is 32.0 Å². The van der Waals surface area contributed by atoms with E-state index in [1.165, 1.54) is 24.1 Å². The molecule has 1 amide bonds. The summed E-state index contributed by atoms with van der Waals surface area (Å²) in [4.78, 5) is 12.9. The highest BCUT2D eigenvalue weighted by molar-refractivity contribution is 9.10. The first-order chi connectivity index (χ1) is 8.54. The lowest BCUT2D eigenvalue weighted by atomic mass is 10.1. The van der Waals surface area contributed by atoms with E-state index in [0.29, 0.717) is 0 Å². The highest BCUT2D eigenvalue weighted by Gasteiger charge is 2.28. The van der Waals surface area contributed by atoms with E-state index in [9.17, 15) is 13.2 Å². The summed E-state index contributed by atoms with van der Waals surface area (Å²) in [7, 11) is -2.61. The van der Waals surface area contributed by atoms with Gasteiger partial charge in [-0.25, -0.2) is 4.79 Å². The number of amides is 1. The Hall–Kier alpha value is -1.08. The van der Waals surface area contributed by atoms with Gasteiger partial charge in [0.05, 0.1) is 0 Å². The summed E-state index contributed by atoms with van der Waals surface area (Å²) >= 11 is 3.20. The van der Waals surface area contributed by atoms with Gasteiger partial charge in [0.1, 0.15) is 4.90 Å². The number of rotatable bonds is 2. The minimum Gasteiger partial charge on any atom is -0.324 e. The van der Waals surface area contributed by atoms with Crippen molar-refractivity contribution in [1.82, 2.24) is 4.90 Å². The Bertz CT molecular complexity index is 560. The van der Waals surface area contributed by atoms with Crippen molar-refractivity contribution >= 4 is 32.1 Å². The number of hydrogen-bond acceptors (Lipinski definition) is 4. The molecule has 106 valence electrons. The van der Waals surface area contributed by atoms with Gasteiger partial charge in [0.25, 0.3) is 0 Å². The van der Waals surface area contributed by atoms with E-state index in [1.54, 1.807) is 32.9 Å². The molecular weight excluding hydrogens is 334 g/mol. The third-order valence-corrected chi connectivity index (χ3v) is 4.30. The molecule has 0 unspecified atom stereocenters. The molecule has 0 N–H and O–H groups in total. The SMILES string of the molecule is CN(C(=O)OS(=O)(=O)c1ccc(Br)cc1)C(C)(C)C. The van der Waals surface area contributed by atoms with Crippen LogP contribution in [0, 0.1) is 0 Å². The van der Waals surface area contributed by atoms with Gasteiger partial charge in [0.2, 0.25) is 0 Å². The molecule has 0 spiro atoms. The van der Waals surface area contributed by atoms with E-state index in [2.05, 4.69) is 20.1 Å². The molecule has 1 aromatic carbocycles. The van der Waals surface area contributed by atoms with Gasteiger partial charge < -0.3 is 9.08 Å². The van der Waals surface area contributed by atoms with Crippen molar-refractivity contribution in [2.45, 2.75) is 31.2 Å². The fourth-order valence-corrected chi connectivity index (χ4v) is 2.20. The molecule has 0 heterocycles. The number of carbonyl (C=O) groups is 1. The third kappa shape index (κ3) is 4.21. The summed E-state index contributed by atoms with van der Waals surface area (Å²) in [6, 6.07) is 5.86. The zero-order valence-electron chi connectivity index (χ0n) is 11.2. The molecule has 0 fully saturated rings. The smallest absolute Gasteiger partial charge is 0.324 e. The Balaban J connectivity index is 2.92. The first kappa shape index (κ1) is 16.0. The minimum absolute atomic E-state index is 0.0636. The molecule has 0 aliphatic carbocycles. The monoisotopic (exact) mass is 349 g/mol. The zero-order valence-corrected chi connectivity index (χ0v) is 13.6. The average Bonchev–Trinajstić information content (AvgIpc) is 2.26. The molecule has 1 rings (SSSR count). The van der Waals surface area contributed by atoms with Crippen LogP contribution in [-0.2, 0) is 14.3 Å². The Morgan fingerprint density at radius 2 is 1.68 bits per heavy atom. The van der Waals surface area contributed by atoms with Crippen LogP contribution in [0.5, 0.6) is 0 Å².